The van der Waals surface area contributed by atoms with E-state index in [9.17, 15) is 8.42 Å². The zero-order valence-electron chi connectivity index (χ0n) is 12.0. The predicted molar refractivity (Wildman–Crippen MR) is 77.6 cm³/mol. The maximum absolute atomic E-state index is 12.8. The highest BCUT2D eigenvalue weighted by Crippen LogP contribution is 2.32. The molecule has 0 unspecified atom stereocenters. The molecule has 108 valence electrons. The van der Waals surface area contributed by atoms with Gasteiger partial charge < -0.3 is 0 Å². The molecule has 0 spiro atoms. The van der Waals surface area contributed by atoms with Crippen LogP contribution in [0.1, 0.15) is 30.4 Å². The molecule has 0 atom stereocenters. The third kappa shape index (κ3) is 3.38. The van der Waals surface area contributed by atoms with Crippen molar-refractivity contribution in [3.8, 4) is 6.07 Å². The molecule has 0 aliphatic heterocycles. The summed E-state index contributed by atoms with van der Waals surface area (Å²) in [6.07, 6.45) is 2.41. The van der Waals surface area contributed by atoms with Gasteiger partial charge in [-0.2, -0.15) is 9.57 Å². The van der Waals surface area contributed by atoms with Crippen molar-refractivity contribution in [1.29, 1.82) is 5.26 Å². The summed E-state index contributed by atoms with van der Waals surface area (Å²) in [6.45, 7) is 4.58. The van der Waals surface area contributed by atoms with Crippen LogP contribution >= 0.6 is 0 Å². The molecular formula is C15H20N2O2S. The number of hydrogen-bond acceptors (Lipinski definition) is 3. The van der Waals surface area contributed by atoms with E-state index < -0.39 is 10.0 Å². The molecule has 20 heavy (non-hydrogen) atoms. The van der Waals surface area contributed by atoms with Crippen molar-refractivity contribution < 1.29 is 8.42 Å². The smallest absolute Gasteiger partial charge is 0.207 e. The van der Waals surface area contributed by atoms with E-state index in [2.05, 4.69) is 0 Å². The van der Waals surface area contributed by atoms with E-state index in [0.717, 1.165) is 24.0 Å². The second kappa shape index (κ2) is 5.94. The second-order valence-corrected chi connectivity index (χ2v) is 7.39. The van der Waals surface area contributed by atoms with Crippen molar-refractivity contribution in [3.63, 3.8) is 0 Å². The van der Waals surface area contributed by atoms with E-state index in [1.54, 1.807) is 6.07 Å². The molecule has 1 aromatic carbocycles. The van der Waals surface area contributed by atoms with Crippen molar-refractivity contribution in [2.45, 2.75) is 38.0 Å². The fourth-order valence-electron chi connectivity index (χ4n) is 2.30. The van der Waals surface area contributed by atoms with Crippen LogP contribution in [0.4, 0.5) is 0 Å². The Hall–Kier alpha value is -1.38. The van der Waals surface area contributed by atoms with Gasteiger partial charge in [-0.25, -0.2) is 8.42 Å². The van der Waals surface area contributed by atoms with Gasteiger partial charge in [0.05, 0.1) is 11.0 Å². The highest BCUT2D eigenvalue weighted by Gasteiger charge is 2.32. The largest absolute Gasteiger partial charge is 0.243 e. The van der Waals surface area contributed by atoms with Gasteiger partial charge in [-0.3, -0.25) is 0 Å². The van der Waals surface area contributed by atoms with Gasteiger partial charge in [0.1, 0.15) is 0 Å². The molecule has 1 aliphatic carbocycles. The average molecular weight is 292 g/mol. The molecule has 1 saturated carbocycles. The molecule has 5 heteroatoms. The third-order valence-electron chi connectivity index (χ3n) is 3.58. The number of nitrogens with zero attached hydrogens (tertiary/aromatic N) is 2. The third-order valence-corrected chi connectivity index (χ3v) is 5.61. The lowest BCUT2D eigenvalue weighted by molar-refractivity contribution is 0.402. The van der Waals surface area contributed by atoms with E-state index in [1.807, 2.05) is 32.0 Å². The lowest BCUT2D eigenvalue weighted by Crippen LogP contribution is -2.34. The average Bonchev–Trinajstić information content (AvgIpc) is 3.17. The Morgan fingerprint density at radius 2 is 2.05 bits per heavy atom. The van der Waals surface area contributed by atoms with Crippen molar-refractivity contribution >= 4 is 10.0 Å². The summed E-state index contributed by atoms with van der Waals surface area (Å²) in [6, 6.07) is 7.41. The quantitative estimate of drug-likeness (QED) is 0.809. The molecule has 0 heterocycles. The predicted octanol–water partition coefficient (Wildman–Crippen LogP) is 2.62. The van der Waals surface area contributed by atoms with E-state index in [0.29, 0.717) is 17.4 Å². The maximum Gasteiger partial charge on any atom is 0.243 e. The minimum absolute atomic E-state index is 0.233. The second-order valence-electron chi connectivity index (χ2n) is 5.48. The summed E-state index contributed by atoms with van der Waals surface area (Å²) in [5, 5.41) is 8.72. The number of benzene rings is 1. The molecule has 2 rings (SSSR count). The minimum atomic E-state index is -3.49. The molecule has 1 aliphatic rings. The highest BCUT2D eigenvalue weighted by atomic mass is 32.2. The van der Waals surface area contributed by atoms with Crippen LogP contribution in [0.2, 0.25) is 0 Å². The Labute approximate surface area is 121 Å². The van der Waals surface area contributed by atoms with Crippen LogP contribution in [0, 0.1) is 31.1 Å². The molecule has 0 N–H and O–H groups in total. The maximum atomic E-state index is 12.8. The van der Waals surface area contributed by atoms with Crippen LogP contribution in [-0.4, -0.2) is 25.8 Å². The summed E-state index contributed by atoms with van der Waals surface area (Å²) >= 11 is 0. The van der Waals surface area contributed by atoms with Gasteiger partial charge in [-0.15, -0.1) is 0 Å². The number of hydrogen-bond donors (Lipinski definition) is 0. The lowest BCUT2D eigenvalue weighted by Gasteiger charge is -2.22. The molecule has 1 aromatic rings. The fraction of sp³-hybridized carbons (Fsp3) is 0.533. The molecule has 4 nitrogen and oxygen atoms in total. The van der Waals surface area contributed by atoms with Crippen LogP contribution in [0.15, 0.2) is 23.1 Å². The first-order valence-corrected chi connectivity index (χ1v) is 8.33. The monoisotopic (exact) mass is 292 g/mol. The summed E-state index contributed by atoms with van der Waals surface area (Å²) in [5.41, 5.74) is 1.81. The fourth-order valence-corrected chi connectivity index (χ4v) is 4.02. The highest BCUT2D eigenvalue weighted by molar-refractivity contribution is 7.89. The Bertz CT molecular complexity index is 628. The zero-order valence-corrected chi connectivity index (χ0v) is 12.8. The summed E-state index contributed by atoms with van der Waals surface area (Å²) in [4.78, 5) is 0.363. The lowest BCUT2D eigenvalue weighted by atomic mass is 10.2. The minimum Gasteiger partial charge on any atom is -0.207 e. The summed E-state index contributed by atoms with van der Waals surface area (Å²) < 4.78 is 27.0. The Kier molecular flexibility index (Phi) is 4.46. The van der Waals surface area contributed by atoms with Crippen molar-refractivity contribution in [3.05, 3.63) is 29.3 Å². The van der Waals surface area contributed by atoms with Gasteiger partial charge in [0, 0.05) is 19.5 Å². The van der Waals surface area contributed by atoms with Crippen LogP contribution in [-0.2, 0) is 10.0 Å². The van der Waals surface area contributed by atoms with E-state index in [-0.39, 0.29) is 13.0 Å². The SMILES string of the molecule is Cc1ccc(S(=O)(=O)N(CCC#N)CC2CC2)c(C)c1. The van der Waals surface area contributed by atoms with Gasteiger partial charge in [0.25, 0.3) is 0 Å². The van der Waals surface area contributed by atoms with Crippen LogP contribution in [0.25, 0.3) is 0 Å². The van der Waals surface area contributed by atoms with Gasteiger partial charge >= 0.3 is 0 Å². The molecule has 0 saturated heterocycles. The van der Waals surface area contributed by atoms with E-state index in [4.69, 9.17) is 5.26 Å². The molecular weight excluding hydrogens is 272 g/mol. The van der Waals surface area contributed by atoms with Crippen molar-refractivity contribution in [2.24, 2.45) is 5.92 Å². The molecule has 0 bridgehead atoms. The normalized spacial score (nSPS) is 15.3. The standard InChI is InChI=1S/C15H20N2O2S/c1-12-4-7-15(13(2)10-12)20(18,19)17(9-3-8-16)11-14-5-6-14/h4,7,10,14H,3,5-6,9,11H2,1-2H3. The Morgan fingerprint density at radius 3 is 2.60 bits per heavy atom. The first kappa shape index (κ1) is 15.0. The van der Waals surface area contributed by atoms with Gasteiger partial charge in [-0.05, 0) is 44.2 Å². The number of aryl methyl sites for hydroxylation is 2. The van der Waals surface area contributed by atoms with Crippen molar-refractivity contribution in [2.75, 3.05) is 13.1 Å². The van der Waals surface area contributed by atoms with Crippen molar-refractivity contribution in [1.82, 2.24) is 4.31 Å². The first-order chi connectivity index (χ1) is 9.45. The topological polar surface area (TPSA) is 61.2 Å². The number of nitriles is 1. The summed E-state index contributed by atoms with van der Waals surface area (Å²) in [5.74, 6) is 0.467. The first-order valence-electron chi connectivity index (χ1n) is 6.89. The van der Waals surface area contributed by atoms with Gasteiger partial charge in [-0.1, -0.05) is 17.7 Å². The Balaban J connectivity index is 2.30. The van der Waals surface area contributed by atoms with E-state index >= 15 is 0 Å². The van der Waals surface area contributed by atoms with Crippen LogP contribution in [0.3, 0.4) is 0 Å². The molecule has 0 radical (unpaired) electrons. The van der Waals surface area contributed by atoms with E-state index in [1.165, 1.54) is 4.31 Å². The molecule has 0 aromatic heterocycles. The van der Waals surface area contributed by atoms with Gasteiger partial charge in [0.2, 0.25) is 10.0 Å². The summed E-state index contributed by atoms with van der Waals surface area (Å²) in [7, 11) is -3.49. The van der Waals surface area contributed by atoms with Crippen LogP contribution in [0.5, 0.6) is 0 Å². The zero-order chi connectivity index (χ0) is 14.8. The Morgan fingerprint density at radius 1 is 1.35 bits per heavy atom. The number of rotatable bonds is 6. The van der Waals surface area contributed by atoms with Crippen LogP contribution < -0.4 is 0 Å². The number of sulfonamides is 1. The molecule has 1 fully saturated rings. The molecule has 0 amide bonds. The van der Waals surface area contributed by atoms with Gasteiger partial charge in [0.15, 0.2) is 0 Å².